The smallest absolute Gasteiger partial charge is 0.253 e. The number of amides is 1. The topological polar surface area (TPSA) is 55.6 Å². The third kappa shape index (κ3) is 3.67. The summed E-state index contributed by atoms with van der Waals surface area (Å²) < 4.78 is 5.11. The number of anilines is 1. The molecule has 2 aromatic rings. The van der Waals surface area contributed by atoms with E-state index >= 15 is 0 Å². The molecule has 0 fully saturated rings. The molecular formula is C16H17ClN2O2. The van der Waals surface area contributed by atoms with Crippen LogP contribution in [0.2, 0.25) is 5.02 Å². The number of hydrogen-bond acceptors (Lipinski definition) is 3. The molecular weight excluding hydrogens is 288 g/mol. The Morgan fingerprint density at radius 2 is 1.90 bits per heavy atom. The fourth-order valence-corrected chi connectivity index (χ4v) is 2.14. The molecule has 0 saturated heterocycles. The number of nitrogen functional groups attached to an aromatic ring is 1. The largest absolute Gasteiger partial charge is 0.497 e. The predicted molar refractivity (Wildman–Crippen MR) is 84.7 cm³/mol. The molecule has 0 bridgehead atoms. The van der Waals surface area contributed by atoms with Gasteiger partial charge in [-0.15, -0.1) is 0 Å². The molecule has 0 saturated carbocycles. The number of nitrogens with zero attached hydrogens (tertiary/aromatic N) is 1. The molecule has 2 N–H and O–H groups in total. The Balaban J connectivity index is 2.09. The molecule has 0 radical (unpaired) electrons. The lowest BCUT2D eigenvalue weighted by atomic mass is 10.1. The molecule has 0 heterocycles. The number of nitrogens with two attached hydrogens (primary N) is 1. The minimum Gasteiger partial charge on any atom is -0.497 e. The van der Waals surface area contributed by atoms with E-state index in [2.05, 4.69) is 0 Å². The van der Waals surface area contributed by atoms with Gasteiger partial charge in [0.2, 0.25) is 0 Å². The minimum absolute atomic E-state index is 0.104. The normalized spacial score (nSPS) is 10.2. The first-order chi connectivity index (χ1) is 10.0. The molecule has 1 amide bonds. The maximum atomic E-state index is 12.3. The highest BCUT2D eigenvalue weighted by atomic mass is 35.5. The van der Waals surface area contributed by atoms with Crippen molar-refractivity contribution in [1.29, 1.82) is 0 Å². The van der Waals surface area contributed by atoms with Gasteiger partial charge in [0, 0.05) is 19.2 Å². The number of benzene rings is 2. The molecule has 5 heteroatoms. The van der Waals surface area contributed by atoms with Gasteiger partial charge in [0.05, 0.1) is 17.8 Å². The molecule has 0 unspecified atom stereocenters. The van der Waals surface area contributed by atoms with Gasteiger partial charge in [-0.05, 0) is 35.9 Å². The lowest BCUT2D eigenvalue weighted by Gasteiger charge is -2.18. The van der Waals surface area contributed by atoms with Crippen molar-refractivity contribution in [3.63, 3.8) is 0 Å². The zero-order valence-electron chi connectivity index (χ0n) is 12.0. The molecule has 0 atom stereocenters. The second-order valence-electron chi connectivity index (χ2n) is 4.75. The molecule has 110 valence electrons. The second-order valence-corrected chi connectivity index (χ2v) is 5.15. The second kappa shape index (κ2) is 6.50. The van der Waals surface area contributed by atoms with Gasteiger partial charge >= 0.3 is 0 Å². The van der Waals surface area contributed by atoms with E-state index in [1.807, 2.05) is 24.3 Å². The Bertz CT molecular complexity index is 641. The van der Waals surface area contributed by atoms with E-state index in [-0.39, 0.29) is 5.91 Å². The van der Waals surface area contributed by atoms with Crippen LogP contribution in [0.4, 0.5) is 5.69 Å². The number of methoxy groups -OCH3 is 1. The Morgan fingerprint density at radius 3 is 2.48 bits per heavy atom. The highest BCUT2D eigenvalue weighted by Gasteiger charge is 2.13. The van der Waals surface area contributed by atoms with Crippen LogP contribution in [0.1, 0.15) is 15.9 Å². The van der Waals surface area contributed by atoms with Gasteiger partial charge in [-0.2, -0.15) is 0 Å². The molecule has 0 aliphatic heterocycles. The third-order valence-electron chi connectivity index (χ3n) is 3.17. The molecule has 2 rings (SSSR count). The van der Waals surface area contributed by atoms with Crippen LogP contribution in [0, 0.1) is 0 Å². The molecule has 0 aliphatic rings. The standard InChI is InChI=1S/C16H17ClN2O2/c1-19(10-11-3-6-13(21-2)7-4-11)16(20)12-5-8-15(18)14(17)9-12/h3-9H,10,18H2,1-2H3. The van der Waals surface area contributed by atoms with Gasteiger partial charge in [-0.1, -0.05) is 23.7 Å². The number of hydrogen-bond donors (Lipinski definition) is 1. The van der Waals surface area contributed by atoms with Crippen molar-refractivity contribution in [1.82, 2.24) is 4.90 Å². The zero-order valence-corrected chi connectivity index (χ0v) is 12.7. The van der Waals surface area contributed by atoms with Gasteiger partial charge in [0.25, 0.3) is 5.91 Å². The van der Waals surface area contributed by atoms with Crippen LogP contribution in [-0.4, -0.2) is 25.0 Å². The number of halogens is 1. The summed E-state index contributed by atoms with van der Waals surface area (Å²) in [6.07, 6.45) is 0. The summed E-state index contributed by atoms with van der Waals surface area (Å²) in [5.74, 6) is 0.686. The lowest BCUT2D eigenvalue weighted by Crippen LogP contribution is -2.26. The molecule has 2 aromatic carbocycles. The summed E-state index contributed by atoms with van der Waals surface area (Å²) in [5.41, 5.74) is 7.65. The molecule has 21 heavy (non-hydrogen) atoms. The summed E-state index contributed by atoms with van der Waals surface area (Å²) in [6.45, 7) is 0.505. The third-order valence-corrected chi connectivity index (χ3v) is 3.50. The van der Waals surface area contributed by atoms with Crippen molar-refractivity contribution in [3.05, 3.63) is 58.6 Å². The fraction of sp³-hybridized carbons (Fsp3) is 0.188. The van der Waals surface area contributed by atoms with Crippen molar-refractivity contribution in [3.8, 4) is 5.75 Å². The van der Waals surface area contributed by atoms with Crippen molar-refractivity contribution < 1.29 is 9.53 Å². The van der Waals surface area contributed by atoms with Gasteiger partial charge < -0.3 is 15.4 Å². The summed E-state index contributed by atoms with van der Waals surface area (Å²) >= 11 is 5.95. The zero-order chi connectivity index (χ0) is 15.4. The predicted octanol–water partition coefficient (Wildman–Crippen LogP) is 3.20. The first-order valence-electron chi connectivity index (χ1n) is 6.44. The maximum absolute atomic E-state index is 12.3. The first-order valence-corrected chi connectivity index (χ1v) is 6.82. The summed E-state index contributed by atoms with van der Waals surface area (Å²) in [7, 11) is 3.37. The van der Waals surface area contributed by atoms with E-state index in [9.17, 15) is 4.79 Å². The minimum atomic E-state index is -0.104. The van der Waals surface area contributed by atoms with Gasteiger partial charge in [0.1, 0.15) is 5.75 Å². The average molecular weight is 305 g/mol. The Kier molecular flexibility index (Phi) is 4.70. The van der Waals surface area contributed by atoms with Crippen molar-refractivity contribution in [2.75, 3.05) is 19.9 Å². The van der Waals surface area contributed by atoms with E-state index in [0.717, 1.165) is 11.3 Å². The first kappa shape index (κ1) is 15.2. The Hall–Kier alpha value is -2.20. The van der Waals surface area contributed by atoms with E-state index < -0.39 is 0 Å². The SMILES string of the molecule is COc1ccc(CN(C)C(=O)c2ccc(N)c(Cl)c2)cc1. The highest BCUT2D eigenvalue weighted by Crippen LogP contribution is 2.21. The van der Waals surface area contributed by atoms with Gasteiger partial charge in [-0.25, -0.2) is 0 Å². The van der Waals surface area contributed by atoms with E-state index in [4.69, 9.17) is 22.1 Å². The maximum Gasteiger partial charge on any atom is 0.253 e. The Morgan fingerprint density at radius 1 is 1.24 bits per heavy atom. The summed E-state index contributed by atoms with van der Waals surface area (Å²) in [5, 5.41) is 0.388. The van der Waals surface area contributed by atoms with Crippen LogP contribution in [0.25, 0.3) is 0 Å². The number of ether oxygens (including phenoxy) is 1. The Labute approximate surface area is 129 Å². The molecule has 0 aromatic heterocycles. The summed E-state index contributed by atoms with van der Waals surface area (Å²) in [4.78, 5) is 14.0. The molecule has 4 nitrogen and oxygen atoms in total. The monoisotopic (exact) mass is 304 g/mol. The van der Waals surface area contributed by atoms with E-state index in [1.165, 1.54) is 0 Å². The van der Waals surface area contributed by atoms with Crippen LogP contribution >= 0.6 is 11.6 Å². The fourth-order valence-electron chi connectivity index (χ4n) is 1.96. The number of carbonyl (C=O) groups is 1. The summed E-state index contributed by atoms with van der Waals surface area (Å²) in [6, 6.07) is 12.5. The van der Waals surface area contributed by atoms with Crippen LogP contribution < -0.4 is 10.5 Å². The average Bonchev–Trinajstić information content (AvgIpc) is 2.50. The van der Waals surface area contributed by atoms with Gasteiger partial charge in [0.15, 0.2) is 0 Å². The van der Waals surface area contributed by atoms with Crippen LogP contribution in [0.5, 0.6) is 5.75 Å². The quantitative estimate of drug-likeness (QED) is 0.883. The van der Waals surface area contributed by atoms with E-state index in [0.29, 0.717) is 22.8 Å². The van der Waals surface area contributed by atoms with Crippen molar-refractivity contribution >= 4 is 23.2 Å². The van der Waals surface area contributed by atoms with Crippen LogP contribution in [0.3, 0.4) is 0 Å². The van der Waals surface area contributed by atoms with E-state index in [1.54, 1.807) is 37.3 Å². The van der Waals surface area contributed by atoms with Gasteiger partial charge in [-0.3, -0.25) is 4.79 Å². The van der Waals surface area contributed by atoms with Crippen LogP contribution in [0.15, 0.2) is 42.5 Å². The molecule has 0 spiro atoms. The molecule has 0 aliphatic carbocycles. The van der Waals surface area contributed by atoms with Crippen molar-refractivity contribution in [2.24, 2.45) is 0 Å². The number of rotatable bonds is 4. The number of carbonyl (C=O) groups excluding carboxylic acids is 1. The van der Waals surface area contributed by atoms with Crippen molar-refractivity contribution in [2.45, 2.75) is 6.54 Å². The lowest BCUT2D eigenvalue weighted by molar-refractivity contribution is 0.0785. The highest BCUT2D eigenvalue weighted by molar-refractivity contribution is 6.33. The van der Waals surface area contributed by atoms with Crippen LogP contribution in [-0.2, 0) is 6.54 Å².